The van der Waals surface area contributed by atoms with E-state index in [4.69, 9.17) is 10.0 Å². The summed E-state index contributed by atoms with van der Waals surface area (Å²) in [6.07, 6.45) is 2.03. The van der Waals surface area contributed by atoms with E-state index in [9.17, 15) is 5.11 Å². The first-order valence-electron chi connectivity index (χ1n) is 4.12. The second-order valence-electron chi connectivity index (χ2n) is 2.95. The molecule has 0 aromatic heterocycles. The van der Waals surface area contributed by atoms with Gasteiger partial charge in [0.2, 0.25) is 0 Å². The molecule has 0 amide bonds. The summed E-state index contributed by atoms with van der Waals surface area (Å²) in [5, 5.41) is 26.8. The minimum Gasteiger partial charge on any atom is -0.427 e. The Balaban J connectivity index is 3.69. The Kier molecular flexibility index (Phi) is 4.72. The minimum atomic E-state index is -1.29. The fourth-order valence-corrected chi connectivity index (χ4v) is 1.00. The lowest BCUT2D eigenvalue weighted by Crippen LogP contribution is -2.28. The van der Waals surface area contributed by atoms with Crippen LogP contribution in [0.3, 0.4) is 0 Å². The van der Waals surface area contributed by atoms with E-state index in [2.05, 4.69) is 0 Å². The molecule has 0 bridgehead atoms. The first-order valence-corrected chi connectivity index (χ1v) is 4.12. The fraction of sp³-hybridized carbons (Fsp3) is 1.00. The minimum absolute atomic E-state index is 0.248. The maximum Gasteiger partial charge on any atom is 0.451 e. The Labute approximate surface area is 68.2 Å². The van der Waals surface area contributed by atoms with Crippen LogP contribution in [0.25, 0.3) is 0 Å². The van der Waals surface area contributed by atoms with Gasteiger partial charge in [-0.2, -0.15) is 0 Å². The van der Waals surface area contributed by atoms with Crippen LogP contribution in [0.4, 0.5) is 0 Å². The van der Waals surface area contributed by atoms with Gasteiger partial charge in [-0.3, -0.25) is 0 Å². The smallest absolute Gasteiger partial charge is 0.427 e. The van der Waals surface area contributed by atoms with E-state index in [-0.39, 0.29) is 6.32 Å². The molecule has 0 rings (SSSR count). The van der Waals surface area contributed by atoms with Crippen LogP contribution in [0.15, 0.2) is 0 Å². The molecule has 0 aliphatic heterocycles. The predicted octanol–water partition coefficient (Wildman–Crippen LogP) is 0.400. The van der Waals surface area contributed by atoms with Crippen molar-refractivity contribution in [2.45, 2.75) is 45.0 Å². The molecule has 0 atom stereocenters. The van der Waals surface area contributed by atoms with Crippen molar-refractivity contribution >= 4 is 7.12 Å². The van der Waals surface area contributed by atoms with E-state index in [0.717, 1.165) is 0 Å². The van der Waals surface area contributed by atoms with Gasteiger partial charge in [0.15, 0.2) is 0 Å². The molecule has 0 unspecified atom stereocenters. The van der Waals surface area contributed by atoms with Gasteiger partial charge in [-0.15, -0.1) is 0 Å². The van der Waals surface area contributed by atoms with E-state index in [1.165, 1.54) is 0 Å². The topological polar surface area (TPSA) is 60.7 Å². The third kappa shape index (κ3) is 4.40. The van der Waals surface area contributed by atoms with Crippen LogP contribution in [-0.4, -0.2) is 27.9 Å². The number of hydrogen-bond acceptors (Lipinski definition) is 3. The van der Waals surface area contributed by atoms with E-state index in [1.807, 2.05) is 13.8 Å². The van der Waals surface area contributed by atoms with Gasteiger partial charge in [0.1, 0.15) is 0 Å². The summed E-state index contributed by atoms with van der Waals surface area (Å²) in [5.41, 5.74) is -0.705. The molecule has 0 fully saturated rings. The molecule has 0 heterocycles. The van der Waals surface area contributed by atoms with Gasteiger partial charge in [-0.05, 0) is 25.6 Å². The van der Waals surface area contributed by atoms with E-state index >= 15 is 0 Å². The average molecular weight is 160 g/mol. The molecule has 0 aliphatic rings. The maximum absolute atomic E-state index is 9.66. The molecule has 66 valence electrons. The van der Waals surface area contributed by atoms with Crippen LogP contribution >= 0.6 is 0 Å². The maximum atomic E-state index is 9.66. The molecule has 0 aliphatic carbocycles. The van der Waals surface area contributed by atoms with Crippen molar-refractivity contribution in [3.63, 3.8) is 0 Å². The molecule has 0 saturated heterocycles. The summed E-state index contributed by atoms with van der Waals surface area (Å²) < 4.78 is 0. The van der Waals surface area contributed by atoms with Crippen LogP contribution in [0.5, 0.6) is 0 Å². The Morgan fingerprint density at radius 3 is 1.91 bits per heavy atom. The van der Waals surface area contributed by atoms with Crippen LogP contribution in [0.1, 0.15) is 33.1 Å². The molecule has 4 heteroatoms. The van der Waals surface area contributed by atoms with Crippen molar-refractivity contribution in [1.29, 1.82) is 0 Å². The second-order valence-corrected chi connectivity index (χ2v) is 2.95. The van der Waals surface area contributed by atoms with E-state index < -0.39 is 12.7 Å². The molecular weight excluding hydrogens is 143 g/mol. The van der Waals surface area contributed by atoms with Crippen LogP contribution in [-0.2, 0) is 0 Å². The molecule has 3 nitrogen and oxygen atoms in total. The third-order valence-electron chi connectivity index (χ3n) is 2.18. The van der Waals surface area contributed by atoms with Crippen LogP contribution in [0.2, 0.25) is 6.32 Å². The highest BCUT2D eigenvalue weighted by Crippen LogP contribution is 2.21. The van der Waals surface area contributed by atoms with Crippen LogP contribution in [0, 0.1) is 0 Å². The molecule has 0 aromatic rings. The van der Waals surface area contributed by atoms with Gasteiger partial charge >= 0.3 is 7.12 Å². The highest BCUT2D eigenvalue weighted by molar-refractivity contribution is 6.40. The van der Waals surface area contributed by atoms with Gasteiger partial charge in [0.05, 0.1) is 5.60 Å². The zero-order chi connectivity index (χ0) is 8.91. The third-order valence-corrected chi connectivity index (χ3v) is 2.18. The summed E-state index contributed by atoms with van der Waals surface area (Å²) in [6, 6.07) is 0. The summed E-state index contributed by atoms with van der Waals surface area (Å²) in [7, 11) is -1.29. The van der Waals surface area contributed by atoms with E-state index in [1.54, 1.807) is 0 Å². The van der Waals surface area contributed by atoms with Crippen molar-refractivity contribution in [3.05, 3.63) is 0 Å². The van der Waals surface area contributed by atoms with Gasteiger partial charge in [-0.1, -0.05) is 13.8 Å². The highest BCUT2D eigenvalue weighted by Gasteiger charge is 2.23. The normalized spacial score (nSPS) is 11.7. The van der Waals surface area contributed by atoms with Crippen molar-refractivity contribution in [1.82, 2.24) is 0 Å². The first-order chi connectivity index (χ1) is 5.04. The summed E-state index contributed by atoms with van der Waals surface area (Å²) in [4.78, 5) is 0. The summed E-state index contributed by atoms with van der Waals surface area (Å²) >= 11 is 0. The Bertz CT molecular complexity index is 102. The molecule has 0 radical (unpaired) electrons. The van der Waals surface area contributed by atoms with Crippen molar-refractivity contribution in [2.75, 3.05) is 0 Å². The second kappa shape index (κ2) is 4.75. The lowest BCUT2D eigenvalue weighted by Gasteiger charge is -2.24. The van der Waals surface area contributed by atoms with Crippen molar-refractivity contribution in [2.24, 2.45) is 0 Å². The molecule has 0 saturated carbocycles. The zero-order valence-corrected chi connectivity index (χ0v) is 7.25. The number of rotatable bonds is 5. The SMILES string of the molecule is CCC(O)(CC)CCB(O)O. The lowest BCUT2D eigenvalue weighted by atomic mass is 9.78. The first kappa shape index (κ1) is 10.9. The molecule has 3 N–H and O–H groups in total. The fourth-order valence-electron chi connectivity index (χ4n) is 1.00. The van der Waals surface area contributed by atoms with Crippen LogP contribution < -0.4 is 0 Å². The van der Waals surface area contributed by atoms with Gasteiger partial charge in [0, 0.05) is 0 Å². The van der Waals surface area contributed by atoms with E-state index in [0.29, 0.717) is 19.3 Å². The summed E-state index contributed by atoms with van der Waals surface area (Å²) in [5.74, 6) is 0. The molecule has 0 spiro atoms. The molecule has 0 aromatic carbocycles. The predicted molar refractivity (Wildman–Crippen MR) is 45.1 cm³/mol. The Morgan fingerprint density at radius 2 is 1.64 bits per heavy atom. The monoisotopic (exact) mass is 160 g/mol. The van der Waals surface area contributed by atoms with Crippen molar-refractivity contribution < 1.29 is 15.2 Å². The van der Waals surface area contributed by atoms with Crippen molar-refractivity contribution in [3.8, 4) is 0 Å². The van der Waals surface area contributed by atoms with Gasteiger partial charge < -0.3 is 15.2 Å². The summed E-state index contributed by atoms with van der Waals surface area (Å²) in [6.45, 7) is 3.79. The molecular formula is C7H17BO3. The number of hydrogen-bond donors (Lipinski definition) is 3. The highest BCUT2D eigenvalue weighted by atomic mass is 16.4. The zero-order valence-electron chi connectivity index (χ0n) is 7.25. The molecule has 11 heavy (non-hydrogen) atoms. The average Bonchev–Trinajstić information content (AvgIpc) is 2.00. The largest absolute Gasteiger partial charge is 0.451 e. The number of aliphatic hydroxyl groups is 1. The van der Waals surface area contributed by atoms with Gasteiger partial charge in [-0.25, -0.2) is 0 Å². The standard InChI is InChI=1S/C7H17BO3/c1-3-7(9,4-2)5-6-8(10)11/h9-11H,3-6H2,1-2H3. The Morgan fingerprint density at radius 1 is 1.18 bits per heavy atom. The quantitative estimate of drug-likeness (QED) is 0.510. The lowest BCUT2D eigenvalue weighted by molar-refractivity contribution is 0.0270. The van der Waals surface area contributed by atoms with Gasteiger partial charge in [0.25, 0.3) is 0 Å². The Hall–Kier alpha value is -0.0551.